The van der Waals surface area contributed by atoms with Crippen LogP contribution in [0.4, 0.5) is 0 Å². The molecule has 12 heteroatoms. The van der Waals surface area contributed by atoms with E-state index < -0.39 is 5.97 Å². The Labute approximate surface area is 185 Å². The summed E-state index contributed by atoms with van der Waals surface area (Å²) >= 11 is 0. The number of hydrogen-bond acceptors (Lipinski definition) is 9. The van der Waals surface area contributed by atoms with E-state index >= 15 is 0 Å². The normalized spacial score (nSPS) is 20.7. The molecule has 2 aromatic heterocycles. The Morgan fingerprint density at radius 2 is 1.34 bits per heavy atom. The van der Waals surface area contributed by atoms with Crippen LogP contribution in [0.15, 0.2) is 0 Å². The number of ether oxygens (including phenoxy) is 1. The molecule has 2 aromatic rings. The Balaban J connectivity index is 0.000000136. The number of carboxylic acids is 1. The topological polar surface area (TPSA) is 132 Å². The highest BCUT2D eigenvalue weighted by Crippen LogP contribution is 2.30. The minimum Gasteiger partial charge on any atom is -0.475 e. The van der Waals surface area contributed by atoms with E-state index in [0.29, 0.717) is 25.0 Å². The number of carboxylic acid groups (broad SMARTS) is 1. The van der Waals surface area contributed by atoms with Gasteiger partial charge in [0.1, 0.15) is 11.6 Å². The standard InChI is InChI=1S/C11H16N4O2.C9H12N4O2/c1-2-17-11(16)10-13-12-9-7-14(8-3-4-8)5-6-15(9)10;14-9(15)8-11-10-7-5-12(6-1-2-6)3-4-13(7)8/h8H,2-7H2,1H3;6H,1-5H2,(H,14,15). The molecule has 6 rings (SSSR count). The summed E-state index contributed by atoms with van der Waals surface area (Å²) in [6.07, 6.45) is 5.11. The van der Waals surface area contributed by atoms with Crippen molar-refractivity contribution in [1.29, 1.82) is 0 Å². The number of carbonyl (C=O) groups excluding carboxylic acids is 1. The number of nitrogens with zero attached hydrogens (tertiary/aromatic N) is 8. The first-order chi connectivity index (χ1) is 15.5. The smallest absolute Gasteiger partial charge is 0.376 e. The summed E-state index contributed by atoms with van der Waals surface area (Å²) in [6.45, 7) is 7.07. The van der Waals surface area contributed by atoms with Crippen molar-refractivity contribution in [3.8, 4) is 0 Å². The number of aromatic nitrogens is 6. The second-order valence-electron chi connectivity index (χ2n) is 8.61. The van der Waals surface area contributed by atoms with Crippen LogP contribution in [0.5, 0.6) is 0 Å². The van der Waals surface area contributed by atoms with Gasteiger partial charge in [0.25, 0.3) is 0 Å². The lowest BCUT2D eigenvalue weighted by Crippen LogP contribution is -2.36. The minimum atomic E-state index is -0.992. The summed E-state index contributed by atoms with van der Waals surface area (Å²) in [5.74, 6) is 0.717. The van der Waals surface area contributed by atoms with Crippen molar-refractivity contribution in [2.24, 2.45) is 0 Å². The fraction of sp³-hybridized carbons (Fsp3) is 0.700. The lowest BCUT2D eigenvalue weighted by Gasteiger charge is -2.27. The Hall–Kier alpha value is -2.86. The van der Waals surface area contributed by atoms with E-state index in [0.717, 1.165) is 50.4 Å². The molecule has 12 nitrogen and oxygen atoms in total. The summed E-state index contributed by atoms with van der Waals surface area (Å²) in [5.41, 5.74) is 0. The van der Waals surface area contributed by atoms with Crippen LogP contribution in [0, 0.1) is 0 Å². The van der Waals surface area contributed by atoms with Gasteiger partial charge in [-0.1, -0.05) is 0 Å². The molecule has 0 spiro atoms. The minimum absolute atomic E-state index is 0.0699. The molecule has 0 unspecified atom stereocenters. The van der Waals surface area contributed by atoms with Gasteiger partial charge >= 0.3 is 11.9 Å². The van der Waals surface area contributed by atoms with Gasteiger partial charge in [-0.05, 0) is 32.6 Å². The number of esters is 1. The maximum absolute atomic E-state index is 11.6. The summed E-state index contributed by atoms with van der Waals surface area (Å²) in [6, 6.07) is 1.43. The number of aromatic carboxylic acids is 1. The van der Waals surface area contributed by atoms with Gasteiger partial charge in [-0.2, -0.15) is 0 Å². The molecular weight excluding hydrogens is 416 g/mol. The van der Waals surface area contributed by atoms with Crippen LogP contribution in [-0.2, 0) is 30.9 Å². The van der Waals surface area contributed by atoms with E-state index in [4.69, 9.17) is 9.84 Å². The number of carbonyl (C=O) groups is 2. The van der Waals surface area contributed by atoms with Crippen LogP contribution in [0.3, 0.4) is 0 Å². The van der Waals surface area contributed by atoms with Gasteiger partial charge in [0, 0.05) is 38.3 Å². The van der Waals surface area contributed by atoms with Crippen LogP contribution in [0.1, 0.15) is 65.5 Å². The van der Waals surface area contributed by atoms with Crippen molar-refractivity contribution < 1.29 is 19.4 Å². The summed E-state index contributed by atoms with van der Waals surface area (Å²) < 4.78 is 8.56. The van der Waals surface area contributed by atoms with Crippen molar-refractivity contribution >= 4 is 11.9 Å². The molecule has 0 atom stereocenters. The van der Waals surface area contributed by atoms with Gasteiger partial charge in [-0.15, -0.1) is 20.4 Å². The highest BCUT2D eigenvalue weighted by Gasteiger charge is 2.34. The van der Waals surface area contributed by atoms with E-state index in [2.05, 4.69) is 30.2 Å². The van der Waals surface area contributed by atoms with Crippen LogP contribution >= 0.6 is 0 Å². The molecule has 2 aliphatic heterocycles. The zero-order chi connectivity index (χ0) is 22.2. The van der Waals surface area contributed by atoms with Crippen molar-refractivity contribution in [3.05, 3.63) is 23.3 Å². The third kappa shape index (κ3) is 4.24. The molecule has 0 bridgehead atoms. The molecule has 0 saturated heterocycles. The molecule has 172 valence electrons. The molecule has 0 radical (unpaired) electrons. The zero-order valence-corrected chi connectivity index (χ0v) is 18.2. The summed E-state index contributed by atoms with van der Waals surface area (Å²) in [5, 5.41) is 24.5. The second kappa shape index (κ2) is 8.58. The summed E-state index contributed by atoms with van der Waals surface area (Å²) in [7, 11) is 0. The lowest BCUT2D eigenvalue weighted by molar-refractivity contribution is 0.0501. The molecule has 32 heavy (non-hydrogen) atoms. The number of rotatable bonds is 5. The van der Waals surface area contributed by atoms with Crippen molar-refractivity contribution in [1.82, 2.24) is 39.3 Å². The van der Waals surface area contributed by atoms with Crippen molar-refractivity contribution in [3.63, 3.8) is 0 Å². The maximum Gasteiger partial charge on any atom is 0.376 e. The van der Waals surface area contributed by atoms with Gasteiger partial charge in [0.2, 0.25) is 11.6 Å². The Morgan fingerprint density at radius 3 is 1.81 bits per heavy atom. The molecule has 0 amide bonds. The molecule has 2 saturated carbocycles. The van der Waals surface area contributed by atoms with Crippen LogP contribution in [0.2, 0.25) is 0 Å². The van der Waals surface area contributed by atoms with Crippen LogP contribution < -0.4 is 0 Å². The lowest BCUT2D eigenvalue weighted by atomic mass is 10.3. The predicted octanol–water partition coefficient (Wildman–Crippen LogP) is 0.387. The fourth-order valence-corrected chi connectivity index (χ4v) is 4.36. The Kier molecular flexibility index (Phi) is 5.64. The van der Waals surface area contributed by atoms with Gasteiger partial charge in [0.15, 0.2) is 0 Å². The third-order valence-electron chi connectivity index (χ3n) is 6.34. The van der Waals surface area contributed by atoms with Gasteiger partial charge in [0.05, 0.1) is 19.7 Å². The van der Waals surface area contributed by atoms with Crippen molar-refractivity contribution in [2.45, 2.75) is 70.9 Å². The molecule has 0 aromatic carbocycles. The third-order valence-corrected chi connectivity index (χ3v) is 6.34. The number of hydrogen-bond donors (Lipinski definition) is 1. The number of fused-ring (bicyclic) bond motifs is 2. The first-order valence-corrected chi connectivity index (χ1v) is 11.3. The maximum atomic E-state index is 11.6. The highest BCUT2D eigenvalue weighted by molar-refractivity contribution is 5.85. The van der Waals surface area contributed by atoms with Gasteiger partial charge < -0.3 is 19.0 Å². The largest absolute Gasteiger partial charge is 0.475 e. The summed E-state index contributed by atoms with van der Waals surface area (Å²) in [4.78, 5) is 27.2. The predicted molar refractivity (Wildman–Crippen MR) is 110 cm³/mol. The molecular formula is C20H28N8O4. The van der Waals surface area contributed by atoms with E-state index in [1.54, 1.807) is 11.5 Å². The van der Waals surface area contributed by atoms with Crippen LogP contribution in [-0.4, -0.2) is 88.2 Å². The first kappa shape index (κ1) is 21.0. The molecule has 4 aliphatic rings. The van der Waals surface area contributed by atoms with E-state index in [-0.39, 0.29) is 11.8 Å². The monoisotopic (exact) mass is 444 g/mol. The van der Waals surface area contributed by atoms with E-state index in [1.165, 1.54) is 25.7 Å². The van der Waals surface area contributed by atoms with E-state index in [1.807, 2.05) is 4.57 Å². The molecule has 1 N–H and O–H groups in total. The highest BCUT2D eigenvalue weighted by atomic mass is 16.5. The van der Waals surface area contributed by atoms with Crippen molar-refractivity contribution in [2.75, 3.05) is 19.7 Å². The average molecular weight is 444 g/mol. The molecule has 4 heterocycles. The van der Waals surface area contributed by atoms with Gasteiger partial charge in [-0.25, -0.2) is 9.59 Å². The fourth-order valence-electron chi connectivity index (χ4n) is 4.36. The molecule has 2 fully saturated rings. The SMILES string of the molecule is CCOC(=O)c1nnc2n1CCN(C1CC1)C2.O=C(O)c1nnc2n1CCN(C1CC1)C2. The first-order valence-electron chi connectivity index (χ1n) is 11.3. The quantitative estimate of drug-likeness (QED) is 0.646. The van der Waals surface area contributed by atoms with E-state index in [9.17, 15) is 9.59 Å². The Morgan fingerprint density at radius 1 is 0.844 bits per heavy atom. The second-order valence-corrected chi connectivity index (χ2v) is 8.61. The Bertz CT molecular complexity index is 1010. The average Bonchev–Trinajstić information content (AvgIpc) is 3.72. The zero-order valence-electron chi connectivity index (χ0n) is 18.2. The van der Waals surface area contributed by atoms with Gasteiger partial charge in [-0.3, -0.25) is 9.80 Å². The molecule has 2 aliphatic carbocycles. The van der Waals surface area contributed by atoms with Crippen LogP contribution in [0.25, 0.3) is 0 Å².